The number of likely N-dealkylation sites (tertiary alicyclic amines) is 1. The van der Waals surface area contributed by atoms with Crippen LogP contribution in [0.15, 0.2) is 42.5 Å². The average molecular weight is 396 g/mol. The molecule has 152 valence electrons. The maximum Gasteiger partial charge on any atom is 0.253 e. The van der Waals surface area contributed by atoms with Gasteiger partial charge in [0.2, 0.25) is 0 Å². The van der Waals surface area contributed by atoms with Crippen LogP contribution in [0.1, 0.15) is 34.3 Å². The summed E-state index contributed by atoms with van der Waals surface area (Å²) in [5.41, 5.74) is 2.67. The van der Waals surface area contributed by atoms with Crippen molar-refractivity contribution in [2.75, 3.05) is 31.1 Å². The summed E-state index contributed by atoms with van der Waals surface area (Å²) in [7, 11) is 0. The van der Waals surface area contributed by atoms with Gasteiger partial charge in [-0.3, -0.25) is 9.59 Å². The summed E-state index contributed by atoms with van der Waals surface area (Å²) in [6.07, 6.45) is 1.55. The molecule has 2 amide bonds. The molecule has 2 fully saturated rings. The summed E-state index contributed by atoms with van der Waals surface area (Å²) in [6, 6.07) is 11.9. The molecule has 2 heterocycles. The molecular formula is C23H25FN2O3. The number of aryl methyl sites for hydroxylation is 2. The zero-order valence-corrected chi connectivity index (χ0v) is 16.8. The first kappa shape index (κ1) is 19.6. The van der Waals surface area contributed by atoms with Gasteiger partial charge in [-0.05, 0) is 57.0 Å². The minimum atomic E-state index is -0.632. The Morgan fingerprint density at radius 2 is 1.86 bits per heavy atom. The first-order chi connectivity index (χ1) is 13.8. The molecule has 2 saturated heterocycles. The highest BCUT2D eigenvalue weighted by molar-refractivity contribution is 5.96. The maximum atomic E-state index is 13.7. The van der Waals surface area contributed by atoms with Crippen LogP contribution in [0.2, 0.25) is 0 Å². The monoisotopic (exact) mass is 396 g/mol. The first-order valence-electron chi connectivity index (χ1n) is 9.93. The lowest BCUT2D eigenvalue weighted by Gasteiger charge is -2.47. The molecule has 29 heavy (non-hydrogen) atoms. The molecule has 5 nitrogen and oxygen atoms in total. The molecular weight excluding hydrogens is 371 g/mol. The molecule has 0 radical (unpaired) electrons. The Kier molecular flexibility index (Phi) is 5.13. The third-order valence-electron chi connectivity index (χ3n) is 5.66. The Morgan fingerprint density at radius 1 is 1.10 bits per heavy atom. The number of carbonyl (C=O) groups excluding carboxylic acids is 2. The van der Waals surface area contributed by atoms with Gasteiger partial charge in [0.25, 0.3) is 11.8 Å². The van der Waals surface area contributed by atoms with Crippen molar-refractivity contribution in [1.82, 2.24) is 4.90 Å². The number of piperidine rings is 1. The van der Waals surface area contributed by atoms with Gasteiger partial charge in [-0.15, -0.1) is 0 Å². The van der Waals surface area contributed by atoms with Gasteiger partial charge in [0, 0.05) is 17.8 Å². The van der Waals surface area contributed by atoms with Crippen LogP contribution >= 0.6 is 0 Å². The number of ether oxygens (including phenoxy) is 1. The van der Waals surface area contributed by atoms with Crippen LogP contribution in [0.5, 0.6) is 0 Å². The number of halogens is 1. The van der Waals surface area contributed by atoms with E-state index in [0.29, 0.717) is 30.9 Å². The van der Waals surface area contributed by atoms with Crippen molar-refractivity contribution in [3.63, 3.8) is 0 Å². The van der Waals surface area contributed by atoms with Crippen LogP contribution < -0.4 is 4.90 Å². The van der Waals surface area contributed by atoms with E-state index in [1.54, 1.807) is 17.0 Å². The third kappa shape index (κ3) is 4.03. The molecule has 0 aliphatic carbocycles. The summed E-state index contributed by atoms with van der Waals surface area (Å²) in [6.45, 7) is 5.28. The largest absolute Gasteiger partial charge is 0.361 e. The lowest BCUT2D eigenvalue weighted by atomic mass is 9.89. The maximum absolute atomic E-state index is 13.7. The highest BCUT2D eigenvalue weighted by atomic mass is 19.1. The lowest BCUT2D eigenvalue weighted by molar-refractivity contribution is -0.144. The number of benzene rings is 2. The van der Waals surface area contributed by atoms with Crippen LogP contribution in [0.25, 0.3) is 0 Å². The predicted molar refractivity (Wildman–Crippen MR) is 108 cm³/mol. The number of nitrogens with zero attached hydrogens (tertiary/aromatic N) is 2. The van der Waals surface area contributed by atoms with Gasteiger partial charge in [0.1, 0.15) is 18.0 Å². The molecule has 0 N–H and O–H groups in total. The van der Waals surface area contributed by atoms with Crippen LogP contribution in [-0.4, -0.2) is 48.6 Å². The summed E-state index contributed by atoms with van der Waals surface area (Å²) in [4.78, 5) is 29.0. The second-order valence-electron chi connectivity index (χ2n) is 8.14. The van der Waals surface area contributed by atoms with Crippen molar-refractivity contribution < 1.29 is 18.7 Å². The molecule has 2 aromatic carbocycles. The second-order valence-corrected chi connectivity index (χ2v) is 8.14. The summed E-state index contributed by atoms with van der Waals surface area (Å²) >= 11 is 0. The number of amides is 2. The SMILES string of the molecule is Cc1cc(C)cc(C(=O)N2CCCC3(C2)CN(c2cccc(F)c2)C(=O)CO3)c1. The van der Waals surface area contributed by atoms with E-state index in [1.165, 1.54) is 12.1 Å². The van der Waals surface area contributed by atoms with Gasteiger partial charge < -0.3 is 14.5 Å². The van der Waals surface area contributed by atoms with Crippen LogP contribution in [0.4, 0.5) is 10.1 Å². The van der Waals surface area contributed by atoms with Gasteiger partial charge in [-0.2, -0.15) is 0 Å². The minimum absolute atomic E-state index is 0.0197. The number of anilines is 1. The Bertz CT molecular complexity index is 941. The first-order valence-corrected chi connectivity index (χ1v) is 9.93. The normalized spacial score (nSPS) is 22.2. The topological polar surface area (TPSA) is 49.9 Å². The smallest absolute Gasteiger partial charge is 0.253 e. The molecule has 0 saturated carbocycles. The number of morpholine rings is 1. The van der Waals surface area contributed by atoms with Crippen molar-refractivity contribution >= 4 is 17.5 Å². The second kappa shape index (κ2) is 7.59. The van der Waals surface area contributed by atoms with Gasteiger partial charge in [-0.1, -0.05) is 23.3 Å². The zero-order valence-electron chi connectivity index (χ0n) is 16.8. The Hall–Kier alpha value is -2.73. The Morgan fingerprint density at radius 3 is 2.59 bits per heavy atom. The summed E-state index contributed by atoms with van der Waals surface area (Å²) in [5, 5.41) is 0. The summed E-state index contributed by atoms with van der Waals surface area (Å²) < 4.78 is 19.7. The van der Waals surface area contributed by atoms with Crippen molar-refractivity contribution in [3.8, 4) is 0 Å². The molecule has 0 bridgehead atoms. The van der Waals surface area contributed by atoms with Crippen molar-refractivity contribution in [2.45, 2.75) is 32.3 Å². The average Bonchev–Trinajstić information content (AvgIpc) is 2.69. The highest BCUT2D eigenvalue weighted by Gasteiger charge is 2.44. The highest BCUT2D eigenvalue weighted by Crippen LogP contribution is 2.32. The molecule has 6 heteroatoms. The van der Waals surface area contributed by atoms with E-state index < -0.39 is 5.60 Å². The summed E-state index contributed by atoms with van der Waals surface area (Å²) in [5.74, 6) is -0.598. The molecule has 1 atom stereocenters. The lowest BCUT2D eigenvalue weighted by Crippen LogP contribution is -2.62. The molecule has 2 aliphatic rings. The molecule has 2 aromatic rings. The molecule has 1 spiro atoms. The predicted octanol–water partition coefficient (Wildman–Crippen LogP) is 3.48. The van der Waals surface area contributed by atoms with Gasteiger partial charge in [-0.25, -0.2) is 4.39 Å². The van der Waals surface area contributed by atoms with E-state index in [1.807, 2.05) is 36.9 Å². The fourth-order valence-corrected chi connectivity index (χ4v) is 4.39. The number of carbonyl (C=O) groups is 2. The van der Waals surface area contributed by atoms with Gasteiger partial charge >= 0.3 is 0 Å². The Balaban J connectivity index is 1.56. The molecule has 2 aliphatic heterocycles. The van der Waals surface area contributed by atoms with Crippen LogP contribution in [0.3, 0.4) is 0 Å². The fraction of sp³-hybridized carbons (Fsp3) is 0.391. The van der Waals surface area contributed by atoms with E-state index in [4.69, 9.17) is 4.74 Å². The van der Waals surface area contributed by atoms with E-state index in [-0.39, 0.29) is 24.2 Å². The van der Waals surface area contributed by atoms with E-state index in [2.05, 4.69) is 0 Å². The molecule has 0 aromatic heterocycles. The van der Waals surface area contributed by atoms with E-state index >= 15 is 0 Å². The van der Waals surface area contributed by atoms with Gasteiger partial charge in [0.15, 0.2) is 0 Å². The van der Waals surface area contributed by atoms with Crippen LogP contribution in [-0.2, 0) is 9.53 Å². The van der Waals surface area contributed by atoms with Crippen LogP contribution in [0, 0.1) is 19.7 Å². The molecule has 1 unspecified atom stereocenters. The van der Waals surface area contributed by atoms with E-state index in [0.717, 1.165) is 24.0 Å². The Labute approximate surface area is 170 Å². The fourth-order valence-electron chi connectivity index (χ4n) is 4.39. The van der Waals surface area contributed by atoms with Gasteiger partial charge in [0.05, 0.1) is 13.1 Å². The molecule has 4 rings (SSSR count). The van der Waals surface area contributed by atoms with Crippen molar-refractivity contribution in [1.29, 1.82) is 0 Å². The third-order valence-corrected chi connectivity index (χ3v) is 5.66. The number of rotatable bonds is 2. The minimum Gasteiger partial charge on any atom is -0.361 e. The quantitative estimate of drug-likeness (QED) is 0.781. The number of hydrogen-bond donors (Lipinski definition) is 0. The zero-order chi connectivity index (χ0) is 20.6. The number of hydrogen-bond acceptors (Lipinski definition) is 3. The van der Waals surface area contributed by atoms with E-state index in [9.17, 15) is 14.0 Å². The standard InChI is InChI=1S/C23H25FN2O3/c1-16-9-17(2)11-18(10-16)22(28)25-8-4-7-23(14-25)15-26(21(27)13-29-23)20-6-3-5-19(24)12-20/h3,5-6,9-12H,4,7-8,13-15H2,1-2H3. The van der Waals surface area contributed by atoms with Crippen molar-refractivity contribution in [2.24, 2.45) is 0 Å². The van der Waals surface area contributed by atoms with Crippen molar-refractivity contribution in [3.05, 3.63) is 65.0 Å².